The Hall–Kier alpha value is -1.51. The van der Waals surface area contributed by atoms with Gasteiger partial charge in [-0.2, -0.15) is 0 Å². The average molecular weight is 229 g/mol. The molecule has 2 aromatic rings. The zero-order valence-electron chi connectivity index (χ0n) is 10.7. The summed E-state index contributed by atoms with van der Waals surface area (Å²) in [6, 6.07) is 6.21. The van der Waals surface area contributed by atoms with Crippen LogP contribution in [0.1, 0.15) is 32.3 Å². The van der Waals surface area contributed by atoms with E-state index >= 15 is 0 Å². The normalized spacial score (nSPS) is 16.6. The highest BCUT2D eigenvalue weighted by atomic mass is 15.2. The third-order valence-electron chi connectivity index (χ3n) is 4.06. The van der Waals surface area contributed by atoms with E-state index in [1.807, 2.05) is 12.1 Å². The summed E-state index contributed by atoms with van der Waals surface area (Å²) in [5, 5.41) is 0. The number of aryl methyl sites for hydroxylation is 1. The summed E-state index contributed by atoms with van der Waals surface area (Å²) < 4.78 is 2.23. The minimum atomic E-state index is 0.0744. The summed E-state index contributed by atoms with van der Waals surface area (Å²) in [4.78, 5) is 4.49. The van der Waals surface area contributed by atoms with E-state index in [4.69, 9.17) is 5.73 Å². The average Bonchev–Trinajstić information content (AvgIpc) is 3.02. The molecular weight excluding hydrogens is 210 g/mol. The summed E-state index contributed by atoms with van der Waals surface area (Å²) >= 11 is 0. The fraction of sp³-hybridized carbons (Fsp3) is 0.500. The Morgan fingerprint density at radius 2 is 2.06 bits per heavy atom. The summed E-state index contributed by atoms with van der Waals surface area (Å²) in [5.74, 6) is 1.38. The number of fused-ring (bicyclic) bond motifs is 1. The van der Waals surface area contributed by atoms with Crippen LogP contribution in [0.4, 0.5) is 5.95 Å². The van der Waals surface area contributed by atoms with Crippen LogP contribution >= 0.6 is 0 Å². The van der Waals surface area contributed by atoms with E-state index in [1.54, 1.807) is 0 Å². The van der Waals surface area contributed by atoms with Crippen molar-refractivity contribution >= 4 is 17.0 Å². The number of aromatic nitrogens is 2. The molecule has 90 valence electrons. The van der Waals surface area contributed by atoms with Gasteiger partial charge in [-0.15, -0.1) is 0 Å². The molecule has 0 bridgehead atoms. The van der Waals surface area contributed by atoms with E-state index in [-0.39, 0.29) is 5.54 Å². The van der Waals surface area contributed by atoms with E-state index in [0.717, 1.165) is 11.4 Å². The highest BCUT2D eigenvalue weighted by molar-refractivity contribution is 5.82. The highest BCUT2D eigenvalue weighted by Crippen LogP contribution is 2.46. The van der Waals surface area contributed by atoms with E-state index in [0.29, 0.717) is 5.95 Å². The molecule has 0 aliphatic heterocycles. The largest absolute Gasteiger partial charge is 0.369 e. The Balaban J connectivity index is 2.31. The maximum absolute atomic E-state index is 6.13. The van der Waals surface area contributed by atoms with Gasteiger partial charge < -0.3 is 10.3 Å². The third-order valence-corrected chi connectivity index (χ3v) is 4.06. The van der Waals surface area contributed by atoms with Gasteiger partial charge >= 0.3 is 0 Å². The van der Waals surface area contributed by atoms with Crippen molar-refractivity contribution in [1.82, 2.24) is 9.55 Å². The lowest BCUT2D eigenvalue weighted by atomic mass is 9.97. The minimum absolute atomic E-state index is 0.0744. The molecule has 0 radical (unpaired) electrons. The van der Waals surface area contributed by atoms with Crippen LogP contribution < -0.4 is 5.73 Å². The molecule has 1 aliphatic carbocycles. The van der Waals surface area contributed by atoms with Crippen LogP contribution in [0, 0.1) is 12.8 Å². The molecule has 1 aromatic heterocycles. The highest BCUT2D eigenvalue weighted by Gasteiger charge is 2.41. The number of hydrogen-bond donors (Lipinski definition) is 1. The first kappa shape index (κ1) is 10.6. The Morgan fingerprint density at radius 1 is 1.35 bits per heavy atom. The van der Waals surface area contributed by atoms with Gasteiger partial charge in [-0.25, -0.2) is 4.98 Å². The number of imidazole rings is 1. The molecule has 3 nitrogen and oxygen atoms in total. The van der Waals surface area contributed by atoms with Gasteiger partial charge in [0, 0.05) is 5.54 Å². The Morgan fingerprint density at radius 3 is 2.71 bits per heavy atom. The number of para-hydroxylation sites is 1. The Labute approximate surface area is 102 Å². The summed E-state index contributed by atoms with van der Waals surface area (Å²) in [5.41, 5.74) is 9.66. The van der Waals surface area contributed by atoms with Gasteiger partial charge in [-0.05, 0) is 51.2 Å². The lowest BCUT2D eigenvalue weighted by Crippen LogP contribution is -2.30. The number of nitrogens with zero attached hydrogens (tertiary/aromatic N) is 2. The standard InChI is InChI=1S/C14H19N3/c1-9-5-4-6-11-12(9)17(13(15)16-11)14(2,3)10-7-8-10/h4-6,10H,7-8H2,1-3H3,(H2,15,16). The molecule has 1 heterocycles. The number of nitrogens with two attached hydrogens (primary N) is 1. The summed E-state index contributed by atoms with van der Waals surface area (Å²) in [7, 11) is 0. The maximum atomic E-state index is 6.13. The van der Waals surface area contributed by atoms with Crippen molar-refractivity contribution < 1.29 is 0 Å². The first-order valence-electron chi connectivity index (χ1n) is 6.26. The number of rotatable bonds is 2. The molecule has 17 heavy (non-hydrogen) atoms. The third kappa shape index (κ3) is 1.45. The van der Waals surface area contributed by atoms with Crippen LogP contribution in [0.5, 0.6) is 0 Å². The van der Waals surface area contributed by atoms with Crippen LogP contribution in [0.15, 0.2) is 18.2 Å². The smallest absolute Gasteiger partial charge is 0.201 e. The van der Waals surface area contributed by atoms with Gasteiger partial charge in [0.05, 0.1) is 11.0 Å². The molecule has 1 aliphatic rings. The van der Waals surface area contributed by atoms with Gasteiger partial charge in [0.2, 0.25) is 5.95 Å². The molecule has 0 spiro atoms. The van der Waals surface area contributed by atoms with Crippen molar-refractivity contribution in [1.29, 1.82) is 0 Å². The maximum Gasteiger partial charge on any atom is 0.201 e. The van der Waals surface area contributed by atoms with Gasteiger partial charge in [-0.1, -0.05) is 12.1 Å². The zero-order chi connectivity index (χ0) is 12.2. The first-order valence-corrected chi connectivity index (χ1v) is 6.26. The van der Waals surface area contributed by atoms with Gasteiger partial charge in [0.15, 0.2) is 0 Å². The van der Waals surface area contributed by atoms with Gasteiger partial charge in [0.1, 0.15) is 0 Å². The Bertz CT molecular complexity index is 576. The van der Waals surface area contributed by atoms with Crippen LogP contribution in [0.3, 0.4) is 0 Å². The van der Waals surface area contributed by atoms with E-state index in [1.165, 1.54) is 23.9 Å². The van der Waals surface area contributed by atoms with E-state index in [9.17, 15) is 0 Å². The monoisotopic (exact) mass is 229 g/mol. The lowest BCUT2D eigenvalue weighted by molar-refractivity contribution is 0.318. The van der Waals surface area contributed by atoms with Crippen molar-refractivity contribution in [3.63, 3.8) is 0 Å². The molecule has 2 N–H and O–H groups in total. The lowest BCUT2D eigenvalue weighted by Gasteiger charge is -2.29. The van der Waals surface area contributed by atoms with Crippen LogP contribution in [-0.4, -0.2) is 9.55 Å². The molecule has 0 saturated heterocycles. The molecule has 1 saturated carbocycles. The second-order valence-electron chi connectivity index (χ2n) is 5.68. The number of benzene rings is 1. The number of nitrogen functional groups attached to an aromatic ring is 1. The molecule has 0 atom stereocenters. The molecule has 3 rings (SSSR count). The van der Waals surface area contributed by atoms with Crippen molar-refractivity contribution in [3.05, 3.63) is 23.8 Å². The van der Waals surface area contributed by atoms with Gasteiger partial charge in [0.25, 0.3) is 0 Å². The summed E-state index contributed by atoms with van der Waals surface area (Å²) in [6.07, 6.45) is 2.61. The Kier molecular flexibility index (Phi) is 2.03. The van der Waals surface area contributed by atoms with Gasteiger partial charge in [-0.3, -0.25) is 0 Å². The zero-order valence-corrected chi connectivity index (χ0v) is 10.7. The fourth-order valence-electron chi connectivity index (χ4n) is 2.87. The second kappa shape index (κ2) is 3.25. The molecule has 1 aromatic carbocycles. The predicted octanol–water partition coefficient (Wildman–Crippen LogP) is 3.07. The van der Waals surface area contributed by atoms with E-state index in [2.05, 4.69) is 36.4 Å². The van der Waals surface area contributed by atoms with Crippen LogP contribution in [0.2, 0.25) is 0 Å². The molecule has 0 unspecified atom stereocenters. The number of hydrogen-bond acceptors (Lipinski definition) is 2. The second-order valence-corrected chi connectivity index (χ2v) is 5.68. The van der Waals surface area contributed by atoms with E-state index < -0.39 is 0 Å². The molecule has 3 heteroatoms. The summed E-state index contributed by atoms with van der Waals surface area (Å²) in [6.45, 7) is 6.67. The molecule has 0 amide bonds. The minimum Gasteiger partial charge on any atom is -0.369 e. The topological polar surface area (TPSA) is 43.8 Å². The van der Waals surface area contributed by atoms with Crippen LogP contribution in [0.25, 0.3) is 11.0 Å². The van der Waals surface area contributed by atoms with Crippen molar-refractivity contribution in [2.45, 2.75) is 39.2 Å². The van der Waals surface area contributed by atoms with Crippen molar-refractivity contribution in [3.8, 4) is 0 Å². The SMILES string of the molecule is Cc1cccc2nc(N)n(C(C)(C)C3CC3)c12. The van der Waals surface area contributed by atoms with Crippen LogP contribution in [-0.2, 0) is 5.54 Å². The predicted molar refractivity (Wildman–Crippen MR) is 70.9 cm³/mol. The fourth-order valence-corrected chi connectivity index (χ4v) is 2.87. The molecule has 1 fully saturated rings. The first-order chi connectivity index (χ1) is 8.01. The quantitative estimate of drug-likeness (QED) is 0.860. The molecular formula is C14H19N3. The van der Waals surface area contributed by atoms with Crippen molar-refractivity contribution in [2.75, 3.05) is 5.73 Å². The van der Waals surface area contributed by atoms with Crippen molar-refractivity contribution in [2.24, 2.45) is 5.92 Å². The number of anilines is 1.